The minimum atomic E-state index is -0.848. The maximum Gasteiger partial charge on any atom is 0.231 e. The molecule has 24 heavy (non-hydrogen) atoms. The van der Waals surface area contributed by atoms with E-state index in [9.17, 15) is 9.50 Å². The van der Waals surface area contributed by atoms with Gasteiger partial charge in [0.2, 0.25) is 6.79 Å². The molecule has 3 rings (SSSR count). The van der Waals surface area contributed by atoms with Crippen molar-refractivity contribution >= 4 is 0 Å². The fourth-order valence-electron chi connectivity index (χ4n) is 2.75. The van der Waals surface area contributed by atoms with Gasteiger partial charge in [0.05, 0.1) is 6.10 Å². The van der Waals surface area contributed by atoms with Gasteiger partial charge < -0.3 is 19.9 Å². The van der Waals surface area contributed by atoms with Crippen molar-refractivity contribution in [3.05, 3.63) is 59.4 Å². The molecule has 0 saturated carbocycles. The lowest BCUT2D eigenvalue weighted by Gasteiger charge is -2.18. The van der Waals surface area contributed by atoms with E-state index < -0.39 is 6.10 Å². The van der Waals surface area contributed by atoms with Crippen molar-refractivity contribution in [3.8, 4) is 11.5 Å². The summed E-state index contributed by atoms with van der Waals surface area (Å²) in [6.45, 7) is 2.66. The van der Waals surface area contributed by atoms with Crippen molar-refractivity contribution < 1.29 is 19.0 Å². The molecule has 0 bridgehead atoms. The number of hydrogen-bond acceptors (Lipinski definition) is 4. The quantitative estimate of drug-likeness (QED) is 0.818. The van der Waals surface area contributed by atoms with Gasteiger partial charge >= 0.3 is 0 Å². The number of fused-ring (bicyclic) bond motifs is 1. The lowest BCUT2D eigenvalue weighted by atomic mass is 10.0. The predicted octanol–water partition coefficient (Wildman–Crippen LogP) is 3.20. The first-order valence-corrected chi connectivity index (χ1v) is 8.18. The third kappa shape index (κ3) is 4.04. The van der Waals surface area contributed by atoms with Crippen LogP contribution in [0.3, 0.4) is 0 Å². The molecule has 2 unspecified atom stereocenters. The van der Waals surface area contributed by atoms with Gasteiger partial charge in [-0.05, 0) is 43.5 Å². The topological polar surface area (TPSA) is 50.7 Å². The first kappa shape index (κ1) is 16.7. The Morgan fingerprint density at radius 3 is 2.79 bits per heavy atom. The highest BCUT2D eigenvalue weighted by molar-refractivity contribution is 5.44. The zero-order chi connectivity index (χ0) is 16.9. The summed E-state index contributed by atoms with van der Waals surface area (Å²) in [4.78, 5) is 0. The average Bonchev–Trinajstić information content (AvgIpc) is 3.06. The summed E-state index contributed by atoms with van der Waals surface area (Å²) in [5, 5.41) is 13.4. The minimum absolute atomic E-state index is 0.205. The van der Waals surface area contributed by atoms with Gasteiger partial charge in [-0.2, -0.15) is 0 Å². The van der Waals surface area contributed by atoms with Crippen molar-refractivity contribution in [2.75, 3.05) is 13.3 Å². The molecule has 2 N–H and O–H groups in total. The number of aryl methyl sites for hydroxylation is 1. The van der Waals surface area contributed by atoms with E-state index in [0.717, 1.165) is 24.3 Å². The number of ether oxygens (including phenoxy) is 2. The number of rotatable bonds is 7. The van der Waals surface area contributed by atoms with Crippen LogP contribution in [0.2, 0.25) is 0 Å². The Labute approximate surface area is 141 Å². The van der Waals surface area contributed by atoms with Crippen LogP contribution in [0.15, 0.2) is 42.5 Å². The number of benzene rings is 2. The predicted molar refractivity (Wildman–Crippen MR) is 89.7 cm³/mol. The van der Waals surface area contributed by atoms with Gasteiger partial charge in [0.15, 0.2) is 11.5 Å². The van der Waals surface area contributed by atoms with Crippen LogP contribution in [0, 0.1) is 5.82 Å². The summed E-state index contributed by atoms with van der Waals surface area (Å²) < 4.78 is 24.3. The lowest BCUT2D eigenvalue weighted by molar-refractivity contribution is 0.165. The molecule has 2 aromatic rings. The molecule has 0 aromatic heterocycles. The van der Waals surface area contributed by atoms with Gasteiger partial charge in [0.25, 0.3) is 0 Å². The smallest absolute Gasteiger partial charge is 0.231 e. The molecule has 4 nitrogen and oxygen atoms in total. The number of aliphatic hydroxyl groups excluding tert-OH is 1. The number of hydrogen-bond donors (Lipinski definition) is 2. The fourth-order valence-corrected chi connectivity index (χ4v) is 2.75. The van der Waals surface area contributed by atoms with Gasteiger partial charge in [-0.1, -0.05) is 24.3 Å². The van der Waals surface area contributed by atoms with E-state index in [2.05, 4.69) is 12.2 Å². The molecule has 1 heterocycles. The van der Waals surface area contributed by atoms with Crippen LogP contribution in [0.1, 0.15) is 30.6 Å². The highest BCUT2D eigenvalue weighted by Crippen LogP contribution is 2.32. The second kappa shape index (κ2) is 7.64. The van der Waals surface area contributed by atoms with Crippen molar-refractivity contribution in [2.45, 2.75) is 31.9 Å². The normalized spacial score (nSPS) is 15.3. The fraction of sp³-hybridized carbons (Fsp3) is 0.368. The molecule has 0 saturated heterocycles. The molecule has 0 radical (unpaired) electrons. The third-order valence-electron chi connectivity index (χ3n) is 4.23. The highest BCUT2D eigenvalue weighted by atomic mass is 19.1. The van der Waals surface area contributed by atoms with E-state index in [1.807, 2.05) is 18.2 Å². The number of aliphatic hydroxyl groups is 1. The second-order valence-electron chi connectivity index (χ2n) is 6.07. The molecule has 1 aliphatic heterocycles. The maximum absolute atomic E-state index is 13.6. The van der Waals surface area contributed by atoms with Crippen molar-refractivity contribution in [1.29, 1.82) is 0 Å². The highest BCUT2D eigenvalue weighted by Gasteiger charge is 2.15. The monoisotopic (exact) mass is 331 g/mol. The van der Waals surface area contributed by atoms with Crippen LogP contribution in [0.5, 0.6) is 11.5 Å². The molecular weight excluding hydrogens is 309 g/mol. The summed E-state index contributed by atoms with van der Waals surface area (Å²) in [6, 6.07) is 12.5. The minimum Gasteiger partial charge on any atom is -0.454 e. The molecule has 0 spiro atoms. The molecule has 2 aromatic carbocycles. The maximum atomic E-state index is 13.6. The molecule has 0 aliphatic carbocycles. The summed E-state index contributed by atoms with van der Waals surface area (Å²) in [5.41, 5.74) is 1.51. The van der Waals surface area contributed by atoms with Crippen LogP contribution >= 0.6 is 0 Å². The largest absolute Gasteiger partial charge is 0.454 e. The van der Waals surface area contributed by atoms with E-state index in [4.69, 9.17) is 9.47 Å². The molecule has 0 amide bonds. The SMILES string of the molecule is CC(CCc1ccc2c(c1)OCO2)NCC(O)c1ccccc1F. The van der Waals surface area contributed by atoms with Gasteiger partial charge in [-0.25, -0.2) is 4.39 Å². The lowest BCUT2D eigenvalue weighted by Crippen LogP contribution is -2.31. The zero-order valence-electron chi connectivity index (χ0n) is 13.7. The van der Waals surface area contributed by atoms with Crippen LogP contribution in [-0.2, 0) is 6.42 Å². The van der Waals surface area contributed by atoms with E-state index in [0.29, 0.717) is 12.1 Å². The molecule has 128 valence electrons. The zero-order valence-corrected chi connectivity index (χ0v) is 13.7. The van der Waals surface area contributed by atoms with Crippen LogP contribution in [0.4, 0.5) is 4.39 Å². The van der Waals surface area contributed by atoms with E-state index >= 15 is 0 Å². The van der Waals surface area contributed by atoms with Crippen molar-refractivity contribution in [3.63, 3.8) is 0 Å². The van der Waals surface area contributed by atoms with Gasteiger partial charge in [-0.15, -0.1) is 0 Å². The van der Waals surface area contributed by atoms with Crippen LogP contribution in [-0.4, -0.2) is 24.5 Å². The van der Waals surface area contributed by atoms with Crippen LogP contribution in [0.25, 0.3) is 0 Å². The average molecular weight is 331 g/mol. The molecule has 5 heteroatoms. The molecule has 0 fully saturated rings. The van der Waals surface area contributed by atoms with E-state index in [1.165, 1.54) is 11.6 Å². The Bertz CT molecular complexity index is 692. The first-order valence-electron chi connectivity index (χ1n) is 8.18. The molecular formula is C19H22FNO3. The van der Waals surface area contributed by atoms with Gasteiger partial charge in [0.1, 0.15) is 5.82 Å². The Morgan fingerprint density at radius 2 is 1.96 bits per heavy atom. The summed E-state index contributed by atoms with van der Waals surface area (Å²) >= 11 is 0. The standard InChI is InChI=1S/C19H22FNO3/c1-13(21-11-17(22)15-4-2-3-5-16(15)20)6-7-14-8-9-18-19(10-14)24-12-23-18/h2-5,8-10,13,17,21-22H,6-7,11-12H2,1H3. The Kier molecular flexibility index (Phi) is 5.33. The van der Waals surface area contributed by atoms with E-state index in [-0.39, 0.29) is 18.7 Å². The van der Waals surface area contributed by atoms with Gasteiger partial charge in [-0.3, -0.25) is 0 Å². The van der Waals surface area contributed by atoms with E-state index in [1.54, 1.807) is 18.2 Å². The van der Waals surface area contributed by atoms with Gasteiger partial charge in [0, 0.05) is 18.2 Å². The summed E-state index contributed by atoms with van der Waals surface area (Å²) in [5.74, 6) is 1.21. The molecule has 2 atom stereocenters. The third-order valence-corrected chi connectivity index (χ3v) is 4.23. The number of nitrogens with one attached hydrogen (secondary N) is 1. The summed E-state index contributed by atoms with van der Waals surface area (Å²) in [6.07, 6.45) is 0.948. The van der Waals surface area contributed by atoms with Crippen LogP contribution < -0.4 is 14.8 Å². The molecule has 1 aliphatic rings. The Morgan fingerprint density at radius 1 is 1.17 bits per heavy atom. The number of halogens is 1. The summed E-state index contributed by atoms with van der Waals surface area (Å²) in [7, 11) is 0. The van der Waals surface area contributed by atoms with Crippen molar-refractivity contribution in [1.82, 2.24) is 5.32 Å². The van der Waals surface area contributed by atoms with Crippen molar-refractivity contribution in [2.24, 2.45) is 0 Å². The Hall–Kier alpha value is -2.11. The first-order chi connectivity index (χ1) is 11.6. The Balaban J connectivity index is 1.46. The second-order valence-corrected chi connectivity index (χ2v) is 6.07.